The van der Waals surface area contributed by atoms with Crippen molar-refractivity contribution in [1.82, 2.24) is 24.8 Å². The summed E-state index contributed by atoms with van der Waals surface area (Å²) < 4.78 is 13.2. The summed E-state index contributed by atoms with van der Waals surface area (Å²) >= 11 is 0. The zero-order valence-electron chi connectivity index (χ0n) is 26.0. The van der Waals surface area contributed by atoms with Crippen molar-refractivity contribution in [3.05, 3.63) is 48.4 Å². The van der Waals surface area contributed by atoms with Crippen LogP contribution in [0.5, 0.6) is 0 Å². The molecule has 3 aromatic heterocycles. The number of hydrogen-bond donors (Lipinski definition) is 2. The van der Waals surface area contributed by atoms with Gasteiger partial charge in [0.1, 0.15) is 28.9 Å². The largest absolute Gasteiger partial charge is 0.480 e. The van der Waals surface area contributed by atoms with Crippen molar-refractivity contribution in [1.29, 1.82) is 0 Å². The Kier molecular flexibility index (Phi) is 9.29. The first kappa shape index (κ1) is 31.7. The second kappa shape index (κ2) is 12.6. The van der Waals surface area contributed by atoms with E-state index in [0.29, 0.717) is 5.82 Å². The van der Waals surface area contributed by atoms with Gasteiger partial charge in [0, 0.05) is 36.9 Å². The van der Waals surface area contributed by atoms with Crippen LogP contribution < -0.4 is 10.2 Å². The quantitative estimate of drug-likeness (QED) is 0.353. The van der Waals surface area contributed by atoms with Gasteiger partial charge in [0.25, 0.3) is 0 Å². The molecule has 0 aromatic carbocycles. The molecule has 0 saturated carbocycles. The van der Waals surface area contributed by atoms with Crippen LogP contribution in [0.3, 0.4) is 0 Å². The van der Waals surface area contributed by atoms with Gasteiger partial charge in [-0.05, 0) is 91.7 Å². The number of aromatic nitrogens is 3. The maximum Gasteiger partial charge on any atom is 0.416 e. The highest BCUT2D eigenvalue weighted by Gasteiger charge is 2.46. The van der Waals surface area contributed by atoms with Gasteiger partial charge >= 0.3 is 18.2 Å². The summed E-state index contributed by atoms with van der Waals surface area (Å²) in [5, 5.41) is 14.1. The number of aliphatic carboxylic acids is 1. The van der Waals surface area contributed by atoms with E-state index in [4.69, 9.17) is 14.5 Å². The monoisotopic (exact) mass is 594 g/mol. The number of nitrogens with one attached hydrogen (secondary N) is 1. The van der Waals surface area contributed by atoms with Crippen LogP contribution in [0.4, 0.5) is 15.4 Å². The highest BCUT2D eigenvalue weighted by atomic mass is 16.6. The van der Waals surface area contributed by atoms with Gasteiger partial charge in [0.15, 0.2) is 0 Å². The molecule has 1 saturated heterocycles. The number of carbonyl (C=O) groups is 3. The van der Waals surface area contributed by atoms with Crippen LogP contribution >= 0.6 is 0 Å². The van der Waals surface area contributed by atoms with Crippen molar-refractivity contribution < 1.29 is 29.0 Å². The fourth-order valence-corrected chi connectivity index (χ4v) is 5.17. The molecule has 4 rings (SSSR count). The molecule has 0 bridgehead atoms. The number of carboxylic acid groups (broad SMARTS) is 1. The molecular formula is C31H42N6O6. The predicted molar refractivity (Wildman–Crippen MR) is 163 cm³/mol. The van der Waals surface area contributed by atoms with E-state index in [1.807, 2.05) is 36.1 Å². The van der Waals surface area contributed by atoms with Crippen molar-refractivity contribution >= 4 is 34.9 Å². The van der Waals surface area contributed by atoms with Crippen LogP contribution in [0.25, 0.3) is 16.7 Å². The molecule has 4 heterocycles. The third-order valence-corrected chi connectivity index (χ3v) is 6.90. The van der Waals surface area contributed by atoms with Gasteiger partial charge in [0.05, 0.1) is 11.6 Å². The fourth-order valence-electron chi connectivity index (χ4n) is 5.17. The predicted octanol–water partition coefficient (Wildman–Crippen LogP) is 4.78. The Morgan fingerprint density at radius 2 is 1.79 bits per heavy atom. The Bertz CT molecular complexity index is 1470. The number of fused-ring (bicyclic) bond motifs is 1. The first-order valence-corrected chi connectivity index (χ1v) is 14.5. The third-order valence-electron chi connectivity index (χ3n) is 6.90. The van der Waals surface area contributed by atoms with E-state index < -0.39 is 41.4 Å². The van der Waals surface area contributed by atoms with Crippen molar-refractivity contribution in [3.8, 4) is 5.82 Å². The summed E-state index contributed by atoms with van der Waals surface area (Å²) in [7, 11) is 1.92. The van der Waals surface area contributed by atoms with E-state index in [2.05, 4.69) is 10.3 Å². The molecule has 1 aliphatic heterocycles. The Morgan fingerprint density at radius 1 is 1.07 bits per heavy atom. The molecule has 0 radical (unpaired) electrons. The van der Waals surface area contributed by atoms with Crippen molar-refractivity contribution in [2.75, 3.05) is 25.0 Å². The lowest BCUT2D eigenvalue weighted by atomic mass is 10.1. The SMILES string of the molecule is CNCCCc1cncc2ccn(-c3cccc(N(C(=O)OC(C)(C)C)C4CC(C(=O)O)N(C(=O)OC(C)(C)C)C4)n3)c12. The summed E-state index contributed by atoms with van der Waals surface area (Å²) in [6.45, 7) is 11.2. The van der Waals surface area contributed by atoms with Gasteiger partial charge in [-0.15, -0.1) is 0 Å². The molecule has 3 aromatic rings. The third kappa shape index (κ3) is 7.61. The number of carboxylic acids is 1. The normalized spacial score (nSPS) is 17.2. The second-order valence-electron chi connectivity index (χ2n) is 12.7. The number of carbonyl (C=O) groups excluding carboxylic acids is 2. The van der Waals surface area contributed by atoms with Gasteiger partial charge in [-0.1, -0.05) is 6.07 Å². The molecule has 12 heteroatoms. The minimum Gasteiger partial charge on any atom is -0.480 e. The molecule has 12 nitrogen and oxygen atoms in total. The number of nitrogens with zero attached hydrogens (tertiary/aromatic N) is 5. The molecular weight excluding hydrogens is 552 g/mol. The number of rotatable bonds is 8. The fraction of sp³-hybridized carbons (Fsp3) is 0.516. The number of ether oxygens (including phenoxy) is 2. The Balaban J connectivity index is 1.75. The van der Waals surface area contributed by atoms with Gasteiger partial charge in [-0.3, -0.25) is 14.8 Å². The summed E-state index contributed by atoms with van der Waals surface area (Å²) in [6.07, 6.45) is 5.87. The molecule has 0 spiro atoms. The zero-order chi connectivity index (χ0) is 31.5. The minimum atomic E-state index is -1.19. The first-order valence-electron chi connectivity index (χ1n) is 14.5. The smallest absolute Gasteiger partial charge is 0.416 e. The summed E-state index contributed by atoms with van der Waals surface area (Å²) in [4.78, 5) is 50.7. The molecule has 2 N–H and O–H groups in total. The van der Waals surface area contributed by atoms with Gasteiger partial charge in [-0.2, -0.15) is 0 Å². The number of likely N-dealkylation sites (tertiary alicyclic amines) is 1. The number of aryl methyl sites for hydroxylation is 1. The minimum absolute atomic E-state index is 0.0204. The van der Waals surface area contributed by atoms with E-state index in [-0.39, 0.29) is 18.8 Å². The lowest BCUT2D eigenvalue weighted by molar-refractivity contribution is -0.142. The van der Waals surface area contributed by atoms with E-state index >= 15 is 0 Å². The van der Waals surface area contributed by atoms with E-state index in [9.17, 15) is 19.5 Å². The number of pyridine rings is 2. The van der Waals surface area contributed by atoms with Crippen molar-refractivity contribution in [3.63, 3.8) is 0 Å². The van der Waals surface area contributed by atoms with E-state index in [1.165, 1.54) is 4.90 Å². The average molecular weight is 595 g/mol. The van der Waals surface area contributed by atoms with Crippen molar-refractivity contribution in [2.45, 2.75) is 84.1 Å². The standard InChI is InChI=1S/C31H42N6O6/c1-30(2,3)42-28(40)36-19-22(16-23(36)27(38)39)37(29(41)43-31(4,5)6)25-12-8-11-24(34-25)35-15-13-21-18-33-17-20(26(21)35)10-9-14-32-7/h8,11-13,15,17-18,22-23,32H,9-10,14,16,19H2,1-7H3,(H,38,39). The molecule has 2 atom stereocenters. The van der Waals surface area contributed by atoms with Crippen LogP contribution in [0, 0.1) is 0 Å². The van der Waals surface area contributed by atoms with Gasteiger partial charge in [0.2, 0.25) is 0 Å². The highest BCUT2D eigenvalue weighted by Crippen LogP contribution is 2.31. The van der Waals surface area contributed by atoms with Crippen LogP contribution in [-0.2, 0) is 20.7 Å². The maximum atomic E-state index is 13.7. The van der Waals surface area contributed by atoms with E-state index in [1.54, 1.807) is 59.9 Å². The number of hydrogen-bond acceptors (Lipinski definition) is 8. The second-order valence-corrected chi connectivity index (χ2v) is 12.7. The van der Waals surface area contributed by atoms with Crippen LogP contribution in [-0.4, -0.2) is 86.1 Å². The van der Waals surface area contributed by atoms with Crippen LogP contribution in [0.2, 0.25) is 0 Å². The molecule has 1 fully saturated rings. The lowest BCUT2D eigenvalue weighted by Gasteiger charge is -2.31. The Labute approximate surface area is 252 Å². The molecule has 1 aliphatic rings. The number of amides is 2. The van der Waals surface area contributed by atoms with Crippen LogP contribution in [0.1, 0.15) is 59.9 Å². The Morgan fingerprint density at radius 3 is 2.44 bits per heavy atom. The summed E-state index contributed by atoms with van der Waals surface area (Å²) in [6, 6.07) is 5.37. The zero-order valence-corrected chi connectivity index (χ0v) is 26.0. The summed E-state index contributed by atoms with van der Waals surface area (Å²) in [5.74, 6) is -0.337. The lowest BCUT2D eigenvalue weighted by Crippen LogP contribution is -2.46. The highest BCUT2D eigenvalue weighted by molar-refractivity contribution is 5.89. The van der Waals surface area contributed by atoms with E-state index in [0.717, 1.165) is 40.8 Å². The average Bonchev–Trinajstić information content (AvgIpc) is 3.53. The molecule has 0 aliphatic carbocycles. The molecule has 2 amide bonds. The first-order chi connectivity index (χ1) is 20.2. The van der Waals surface area contributed by atoms with Gasteiger partial charge < -0.3 is 24.5 Å². The topological polar surface area (TPSA) is 139 Å². The summed E-state index contributed by atoms with van der Waals surface area (Å²) in [5.41, 5.74) is 0.401. The van der Waals surface area contributed by atoms with Crippen molar-refractivity contribution in [2.24, 2.45) is 0 Å². The van der Waals surface area contributed by atoms with Gasteiger partial charge in [-0.25, -0.2) is 19.4 Å². The molecule has 43 heavy (non-hydrogen) atoms. The molecule has 232 valence electrons. The Hall–Kier alpha value is -4.19. The molecule has 2 unspecified atom stereocenters. The number of anilines is 1. The van der Waals surface area contributed by atoms with Crippen LogP contribution in [0.15, 0.2) is 42.9 Å². The maximum absolute atomic E-state index is 13.7.